The highest BCUT2D eigenvalue weighted by atomic mass is 19.1. The zero-order valence-corrected chi connectivity index (χ0v) is 14.5. The van der Waals surface area contributed by atoms with Crippen LogP contribution in [0.5, 0.6) is 0 Å². The number of hydrogen-bond acceptors (Lipinski definition) is 4. The maximum absolute atomic E-state index is 13.6. The van der Waals surface area contributed by atoms with E-state index >= 15 is 0 Å². The summed E-state index contributed by atoms with van der Waals surface area (Å²) in [5.41, 5.74) is 0.767. The molecule has 2 aliphatic rings. The lowest BCUT2D eigenvalue weighted by Crippen LogP contribution is -2.40. The van der Waals surface area contributed by atoms with Gasteiger partial charge in [-0.25, -0.2) is 14.4 Å². The molecule has 0 N–H and O–H groups in total. The summed E-state index contributed by atoms with van der Waals surface area (Å²) in [5, 5.41) is 0.766. The van der Waals surface area contributed by atoms with Crippen molar-refractivity contribution in [1.29, 1.82) is 0 Å². The van der Waals surface area contributed by atoms with Crippen LogP contribution < -0.4 is 4.90 Å². The van der Waals surface area contributed by atoms with E-state index in [0.29, 0.717) is 11.8 Å². The molecule has 2 aromatic rings. The van der Waals surface area contributed by atoms with Gasteiger partial charge >= 0.3 is 0 Å². The van der Waals surface area contributed by atoms with Crippen LogP contribution in [0, 0.1) is 17.7 Å². The number of amides is 1. The summed E-state index contributed by atoms with van der Waals surface area (Å²) in [4.78, 5) is 24.9. The fourth-order valence-corrected chi connectivity index (χ4v) is 3.71. The molecule has 5 nitrogen and oxygen atoms in total. The SMILES string of the molecule is CN(CC1CCN(c2ncnc3ccc(F)cc23)CC1)C(=O)C1CC1. The van der Waals surface area contributed by atoms with E-state index in [9.17, 15) is 9.18 Å². The highest BCUT2D eigenvalue weighted by Crippen LogP contribution is 2.32. The predicted octanol–water partition coefficient (Wildman–Crippen LogP) is 2.85. The number of carbonyl (C=O) groups is 1. The van der Waals surface area contributed by atoms with E-state index < -0.39 is 0 Å². The molecule has 0 spiro atoms. The van der Waals surface area contributed by atoms with Gasteiger partial charge in [0.2, 0.25) is 5.91 Å². The Morgan fingerprint density at radius 2 is 2.00 bits per heavy atom. The van der Waals surface area contributed by atoms with Crippen LogP contribution in [-0.4, -0.2) is 47.5 Å². The summed E-state index contributed by atoms with van der Waals surface area (Å²) < 4.78 is 13.6. The topological polar surface area (TPSA) is 49.3 Å². The quantitative estimate of drug-likeness (QED) is 0.857. The molecule has 1 aromatic heterocycles. The van der Waals surface area contributed by atoms with Gasteiger partial charge in [0, 0.05) is 38.0 Å². The molecule has 132 valence electrons. The average molecular weight is 342 g/mol. The van der Waals surface area contributed by atoms with Crippen molar-refractivity contribution in [3.63, 3.8) is 0 Å². The molecule has 6 heteroatoms. The lowest BCUT2D eigenvalue weighted by atomic mass is 9.96. The highest BCUT2D eigenvalue weighted by Gasteiger charge is 2.33. The Morgan fingerprint density at radius 3 is 2.72 bits per heavy atom. The molecular weight excluding hydrogens is 319 g/mol. The van der Waals surface area contributed by atoms with E-state index in [-0.39, 0.29) is 11.7 Å². The van der Waals surface area contributed by atoms with E-state index in [1.165, 1.54) is 12.1 Å². The van der Waals surface area contributed by atoms with Crippen LogP contribution in [0.3, 0.4) is 0 Å². The number of piperidine rings is 1. The Kier molecular flexibility index (Phi) is 4.27. The highest BCUT2D eigenvalue weighted by molar-refractivity contribution is 5.89. The first-order chi connectivity index (χ1) is 12.1. The summed E-state index contributed by atoms with van der Waals surface area (Å²) in [7, 11) is 1.92. The third kappa shape index (κ3) is 3.43. The third-order valence-electron chi connectivity index (χ3n) is 5.33. The maximum atomic E-state index is 13.6. The molecule has 2 heterocycles. The van der Waals surface area contributed by atoms with Crippen molar-refractivity contribution < 1.29 is 9.18 Å². The largest absolute Gasteiger partial charge is 0.356 e. The van der Waals surface area contributed by atoms with Gasteiger partial charge in [-0.2, -0.15) is 0 Å². The Hall–Kier alpha value is -2.24. The van der Waals surface area contributed by atoms with Crippen LogP contribution in [0.4, 0.5) is 10.2 Å². The van der Waals surface area contributed by atoms with Crippen molar-refractivity contribution >= 4 is 22.6 Å². The molecule has 0 unspecified atom stereocenters. The van der Waals surface area contributed by atoms with Crippen LogP contribution in [0.25, 0.3) is 10.9 Å². The van der Waals surface area contributed by atoms with Gasteiger partial charge in [0.15, 0.2) is 0 Å². The van der Waals surface area contributed by atoms with E-state index in [0.717, 1.165) is 62.0 Å². The van der Waals surface area contributed by atoms with Gasteiger partial charge in [-0.15, -0.1) is 0 Å². The number of halogens is 1. The van der Waals surface area contributed by atoms with Crippen molar-refractivity contribution in [2.45, 2.75) is 25.7 Å². The van der Waals surface area contributed by atoms with Gasteiger partial charge in [0.25, 0.3) is 0 Å². The van der Waals surface area contributed by atoms with Gasteiger partial charge in [-0.1, -0.05) is 0 Å². The summed E-state index contributed by atoms with van der Waals surface area (Å²) in [6.45, 7) is 2.58. The van der Waals surface area contributed by atoms with Crippen LogP contribution in [0.2, 0.25) is 0 Å². The number of hydrogen-bond donors (Lipinski definition) is 0. The molecule has 4 rings (SSSR count). The molecular formula is C19H23FN4O. The Morgan fingerprint density at radius 1 is 1.24 bits per heavy atom. The van der Waals surface area contributed by atoms with Gasteiger partial charge in [-0.05, 0) is 49.8 Å². The molecule has 1 saturated carbocycles. The monoisotopic (exact) mass is 342 g/mol. The second kappa shape index (κ2) is 6.58. The molecule has 0 bridgehead atoms. The number of nitrogens with zero attached hydrogens (tertiary/aromatic N) is 4. The lowest BCUT2D eigenvalue weighted by Gasteiger charge is -2.35. The molecule has 0 radical (unpaired) electrons. The standard InChI is InChI=1S/C19H23FN4O/c1-23(19(25)14-2-3-14)11-13-6-8-24(9-7-13)18-16-10-15(20)4-5-17(16)21-12-22-18/h4-5,10,12-14H,2-3,6-9,11H2,1H3. The molecule has 1 aliphatic carbocycles. The summed E-state index contributed by atoms with van der Waals surface area (Å²) >= 11 is 0. The molecule has 1 saturated heterocycles. The van der Waals surface area contributed by atoms with Crippen molar-refractivity contribution in [1.82, 2.24) is 14.9 Å². The average Bonchev–Trinajstić information content (AvgIpc) is 3.46. The minimum Gasteiger partial charge on any atom is -0.356 e. The first-order valence-corrected chi connectivity index (χ1v) is 9.02. The van der Waals surface area contributed by atoms with Gasteiger partial charge in [0.1, 0.15) is 18.0 Å². The molecule has 1 aliphatic heterocycles. The smallest absolute Gasteiger partial charge is 0.225 e. The Labute approximate surface area is 146 Å². The summed E-state index contributed by atoms with van der Waals surface area (Å²) in [6, 6.07) is 4.64. The minimum atomic E-state index is -0.265. The molecule has 2 fully saturated rings. The van der Waals surface area contributed by atoms with Crippen molar-refractivity contribution in [3.8, 4) is 0 Å². The van der Waals surface area contributed by atoms with E-state index in [1.807, 2.05) is 11.9 Å². The fourth-order valence-electron chi connectivity index (χ4n) is 3.71. The van der Waals surface area contributed by atoms with E-state index in [2.05, 4.69) is 14.9 Å². The maximum Gasteiger partial charge on any atom is 0.225 e. The van der Waals surface area contributed by atoms with Crippen molar-refractivity contribution in [2.24, 2.45) is 11.8 Å². The number of anilines is 1. The predicted molar refractivity (Wildman–Crippen MR) is 94.8 cm³/mol. The number of fused-ring (bicyclic) bond motifs is 1. The minimum absolute atomic E-state index is 0.265. The van der Waals surface area contributed by atoms with Crippen LogP contribution in [0.15, 0.2) is 24.5 Å². The van der Waals surface area contributed by atoms with Gasteiger partial charge in [-0.3, -0.25) is 4.79 Å². The Bertz CT molecular complexity index is 784. The van der Waals surface area contributed by atoms with Crippen LogP contribution in [0.1, 0.15) is 25.7 Å². The zero-order chi connectivity index (χ0) is 17.4. The van der Waals surface area contributed by atoms with Gasteiger partial charge < -0.3 is 9.80 Å². The second-order valence-electron chi connectivity index (χ2n) is 7.28. The molecule has 0 atom stereocenters. The molecule has 1 aromatic carbocycles. The number of rotatable bonds is 4. The molecule has 25 heavy (non-hydrogen) atoms. The fraction of sp³-hybridized carbons (Fsp3) is 0.526. The third-order valence-corrected chi connectivity index (χ3v) is 5.33. The number of carbonyl (C=O) groups excluding carboxylic acids is 1. The number of benzene rings is 1. The summed E-state index contributed by atoms with van der Waals surface area (Å²) in [5.74, 6) is 1.66. The Balaban J connectivity index is 1.42. The first-order valence-electron chi connectivity index (χ1n) is 9.02. The van der Waals surface area contributed by atoms with Crippen molar-refractivity contribution in [3.05, 3.63) is 30.3 Å². The molecule has 1 amide bonds. The first kappa shape index (κ1) is 16.2. The van der Waals surface area contributed by atoms with Crippen molar-refractivity contribution in [2.75, 3.05) is 31.6 Å². The zero-order valence-electron chi connectivity index (χ0n) is 14.5. The van der Waals surface area contributed by atoms with E-state index in [4.69, 9.17) is 0 Å². The van der Waals surface area contributed by atoms with Crippen LogP contribution >= 0.6 is 0 Å². The normalized spacial score (nSPS) is 18.6. The number of aromatic nitrogens is 2. The second-order valence-corrected chi connectivity index (χ2v) is 7.28. The van der Waals surface area contributed by atoms with E-state index in [1.54, 1.807) is 12.4 Å². The van der Waals surface area contributed by atoms with Crippen LogP contribution in [-0.2, 0) is 4.79 Å². The lowest BCUT2D eigenvalue weighted by molar-refractivity contribution is -0.131. The van der Waals surface area contributed by atoms with Gasteiger partial charge in [0.05, 0.1) is 5.52 Å². The summed E-state index contributed by atoms with van der Waals surface area (Å²) in [6.07, 6.45) is 5.69.